The van der Waals surface area contributed by atoms with Gasteiger partial charge in [0.1, 0.15) is 24.1 Å². The van der Waals surface area contributed by atoms with E-state index in [-0.39, 0.29) is 82.9 Å². The number of carbonyl (C=O) groups is 7. The van der Waals surface area contributed by atoms with Crippen LogP contribution in [0, 0.1) is 45.3 Å². The van der Waals surface area contributed by atoms with Crippen molar-refractivity contribution in [1.82, 2.24) is 20.2 Å². The SMILES string of the molecule is CC1=C2N=C(C=C3NC(=C(C)C4=NC(C)(C5N=C1C(C)(CCC(=O)NCC(C)O[P+]([O-])([O-])OC1C(CO)OC(n6cnc7cc(O)ccc76)C1O)C5CC(N)=O)C(C)(CC(N)=O)C4CCC(N)=O)C(C)(CC(N)=O)C3CCC(N)=O)C(C)(C)C2CCC(N)=O. The highest BCUT2D eigenvalue weighted by Crippen LogP contribution is 2.63. The number of hydrogen-bond donors (Lipinski definition) is 11. The summed E-state index contributed by atoms with van der Waals surface area (Å²) in [7, 11) is -5.34. The number of carbonyl (C=O) groups excluding carboxylic acids is 7. The van der Waals surface area contributed by atoms with Crippen molar-refractivity contribution in [2.75, 3.05) is 13.2 Å². The van der Waals surface area contributed by atoms with Crippen LogP contribution in [0.4, 0.5) is 0 Å². The maximum absolute atomic E-state index is 14.3. The normalized spacial score (nSPS) is 31.7. The number of aromatic hydroxyl groups is 1. The molecule has 6 aliphatic heterocycles. The number of phosphoric ester groups is 1. The molecule has 14 atom stereocenters. The zero-order chi connectivity index (χ0) is 65.8. The Hall–Kier alpha value is -7.04. The summed E-state index contributed by atoms with van der Waals surface area (Å²) in [5, 5.41) is 37.8. The first-order valence-electron chi connectivity index (χ1n) is 29.9. The maximum Gasteiger partial charge on any atom is 0.220 e. The van der Waals surface area contributed by atoms with Crippen LogP contribution in [0.1, 0.15) is 139 Å². The van der Waals surface area contributed by atoms with E-state index in [9.17, 15) is 58.7 Å². The molecule has 17 N–H and O–H groups in total. The third-order valence-electron chi connectivity index (χ3n) is 20.0. The molecule has 28 nitrogen and oxygen atoms in total. The predicted molar refractivity (Wildman–Crippen MR) is 323 cm³/mol. The summed E-state index contributed by atoms with van der Waals surface area (Å²) >= 11 is 0. The van der Waals surface area contributed by atoms with Crippen LogP contribution in [0.15, 0.2) is 73.8 Å². The van der Waals surface area contributed by atoms with E-state index in [0.29, 0.717) is 56.4 Å². The van der Waals surface area contributed by atoms with Crippen LogP contribution in [0.25, 0.3) is 11.0 Å². The van der Waals surface area contributed by atoms with Crippen molar-refractivity contribution in [2.24, 2.45) is 94.7 Å². The van der Waals surface area contributed by atoms with Crippen LogP contribution in [-0.4, -0.2) is 133 Å². The minimum absolute atomic E-state index is 0.0357. The molecule has 7 amide bonds. The summed E-state index contributed by atoms with van der Waals surface area (Å²) in [6.07, 6.45) is -5.03. The highest BCUT2D eigenvalue weighted by atomic mass is 31.2. The third kappa shape index (κ3) is 13.0. The van der Waals surface area contributed by atoms with Gasteiger partial charge in [-0.05, 0) is 82.7 Å². The number of imidazole rings is 1. The summed E-state index contributed by atoms with van der Waals surface area (Å²) < 4.78 is 17.9. The van der Waals surface area contributed by atoms with Crippen molar-refractivity contribution >= 4 is 77.7 Å². The molecular formula is C60H85N13O15P-. The molecule has 6 aliphatic rings. The number of aliphatic hydroxyl groups excluding tert-OH is 2. The molecule has 0 radical (unpaired) electrons. The van der Waals surface area contributed by atoms with Gasteiger partial charge in [0, 0.05) is 137 Å². The van der Waals surface area contributed by atoms with E-state index in [1.54, 1.807) is 6.92 Å². The monoisotopic (exact) mass is 1260 g/mol. The second-order valence-corrected chi connectivity index (χ2v) is 27.6. The highest BCUT2D eigenvalue weighted by molar-refractivity contribution is 7.51. The van der Waals surface area contributed by atoms with E-state index >= 15 is 0 Å². The molecule has 0 aliphatic carbocycles. The number of allylic oxidation sites excluding steroid dienone is 6. The smallest absolute Gasteiger partial charge is 0.220 e. The number of aromatic nitrogens is 2. The summed E-state index contributed by atoms with van der Waals surface area (Å²) in [6.45, 7) is 15.1. The lowest BCUT2D eigenvalue weighted by Crippen LogP contribution is -2.56. The van der Waals surface area contributed by atoms with Gasteiger partial charge >= 0.3 is 0 Å². The first-order valence-corrected chi connectivity index (χ1v) is 31.3. The number of nitrogens with zero attached hydrogens (tertiary/aromatic N) is 5. The number of phenols is 1. The van der Waals surface area contributed by atoms with Crippen LogP contribution in [0.3, 0.4) is 0 Å². The second kappa shape index (κ2) is 25.3. The minimum Gasteiger partial charge on any atom is -0.635 e. The molecule has 486 valence electrons. The minimum atomic E-state index is -5.34. The zero-order valence-electron chi connectivity index (χ0n) is 51.7. The summed E-state index contributed by atoms with van der Waals surface area (Å²) in [5.41, 5.74) is 34.7. The standard InChI is InChI=1S/C60H86N13O15P/c1-28(87-89(84,85)88-51-39(26-74)86-55(50(51)83)73-27-68-37-20-31(75)10-14-38(37)73)25-67-47(82)18-19-57(6)35(21-44(64)79)54-60(9)59(8,24-46(66)81)34(13-17-43(63)78)49(72-60)30(3)53-58(7,23-45(65)80)32(11-15-41(61)76)36(69-53)22-40-56(4,5)33(12-16-42(62)77)48(70-40)29(2)52(57)71-54/h10,14,20,22,27-28,32-35,39,50-51,54-55,69,74-75,83H,11-13,15-19,21,23-26H2,1-9H3,(H2,61,76)(H2,62,77)(H2,63,78)(H2,64,79)(H2,65,80)(H2,66,81)(H,67,82)(H,84,85)/p-1. The van der Waals surface area contributed by atoms with Gasteiger partial charge < -0.3 is 79.4 Å². The molecular weight excluding hydrogens is 1170 g/mol. The molecule has 1 aromatic heterocycles. The number of nitrogens with two attached hydrogens (primary N) is 6. The Bertz CT molecular complexity index is 3410. The van der Waals surface area contributed by atoms with Gasteiger partial charge in [0.25, 0.3) is 0 Å². The van der Waals surface area contributed by atoms with Crippen molar-refractivity contribution in [1.29, 1.82) is 0 Å². The van der Waals surface area contributed by atoms with E-state index in [2.05, 4.69) is 15.6 Å². The van der Waals surface area contributed by atoms with Gasteiger partial charge in [-0.15, -0.1) is 0 Å². The lowest BCUT2D eigenvalue weighted by atomic mass is 9.55. The van der Waals surface area contributed by atoms with E-state index < -0.39 is 144 Å². The molecule has 7 heterocycles. The summed E-state index contributed by atoms with van der Waals surface area (Å²) in [6, 6.07) is 3.23. The number of phenolic OH excluding ortho intramolecular Hbond substituents is 1. The lowest BCUT2D eigenvalue weighted by molar-refractivity contribution is -0.373. The van der Waals surface area contributed by atoms with Gasteiger partial charge in [-0.2, -0.15) is 0 Å². The molecule has 89 heavy (non-hydrogen) atoms. The Balaban J connectivity index is 1.20. The van der Waals surface area contributed by atoms with Gasteiger partial charge in [-0.3, -0.25) is 48.5 Å². The average molecular weight is 1260 g/mol. The van der Waals surface area contributed by atoms with Crippen molar-refractivity contribution in [3.05, 3.63) is 58.8 Å². The van der Waals surface area contributed by atoms with Crippen molar-refractivity contribution in [3.63, 3.8) is 0 Å². The molecule has 2 aromatic rings. The fraction of sp³-hybridized carbons (Fsp3) is 0.617. The summed E-state index contributed by atoms with van der Waals surface area (Å²) in [4.78, 5) is 141. The Labute approximate surface area is 516 Å². The molecule has 0 saturated carbocycles. The second-order valence-electron chi connectivity index (χ2n) is 26.3. The fourth-order valence-electron chi connectivity index (χ4n) is 15.2. The van der Waals surface area contributed by atoms with E-state index in [1.165, 1.54) is 36.0 Å². The summed E-state index contributed by atoms with van der Waals surface area (Å²) in [5.74, 6) is -7.38. The number of phosphoric acid groups is 1. The van der Waals surface area contributed by atoms with Gasteiger partial charge in [0.15, 0.2) is 20.5 Å². The van der Waals surface area contributed by atoms with Crippen LogP contribution in [-0.2, 0) is 47.3 Å². The number of rotatable bonds is 26. The number of aliphatic imine (C=N–C) groups is 3. The number of aliphatic hydroxyl groups is 2. The van der Waals surface area contributed by atoms with Crippen molar-refractivity contribution < 1.29 is 72.5 Å². The first-order chi connectivity index (χ1) is 41.4. The van der Waals surface area contributed by atoms with Crippen LogP contribution in [0.2, 0.25) is 0 Å². The highest BCUT2D eigenvalue weighted by Gasteiger charge is 2.66. The molecule has 14 unspecified atom stereocenters. The number of fused-ring (bicyclic) bond motifs is 7. The molecule has 0 spiro atoms. The Morgan fingerprint density at radius 2 is 1.45 bits per heavy atom. The van der Waals surface area contributed by atoms with Gasteiger partial charge in [-0.25, -0.2) is 14.0 Å². The average Bonchev–Trinajstić information content (AvgIpc) is 1.53. The zero-order valence-corrected chi connectivity index (χ0v) is 52.6. The number of benzene rings is 1. The molecule has 8 rings (SSSR count). The predicted octanol–water partition coefficient (Wildman–Crippen LogP) is 0.550. The van der Waals surface area contributed by atoms with Gasteiger partial charge in [-0.1, -0.05) is 34.6 Å². The van der Waals surface area contributed by atoms with Crippen LogP contribution >= 0.6 is 8.17 Å². The molecule has 29 heteroatoms. The fourth-order valence-corrected chi connectivity index (χ4v) is 16.3. The topological polar surface area (TPSA) is 489 Å². The van der Waals surface area contributed by atoms with E-state index in [1.807, 2.05) is 54.5 Å². The maximum atomic E-state index is 14.3. The van der Waals surface area contributed by atoms with Gasteiger partial charge in [0.2, 0.25) is 41.4 Å². The van der Waals surface area contributed by atoms with Crippen LogP contribution in [0.5, 0.6) is 5.75 Å². The molecule has 2 saturated heterocycles. The number of nitrogens with one attached hydrogen (secondary N) is 2. The van der Waals surface area contributed by atoms with Gasteiger partial charge in [0.05, 0.1) is 35.5 Å². The molecule has 2 fully saturated rings. The molecule has 8 bridgehead atoms. The van der Waals surface area contributed by atoms with E-state index in [4.69, 9.17) is 63.2 Å². The quantitative estimate of drug-likeness (QED) is 0.0573. The first kappa shape index (κ1) is 67.9. The number of ether oxygens (including phenoxy) is 1. The lowest BCUT2D eigenvalue weighted by Gasteiger charge is -2.48. The number of hydrogen-bond acceptors (Lipinski definition) is 20. The van der Waals surface area contributed by atoms with Crippen molar-refractivity contribution in [3.8, 4) is 5.75 Å². The van der Waals surface area contributed by atoms with Crippen LogP contribution < -0.4 is 54.8 Å². The number of primary amides is 6. The van der Waals surface area contributed by atoms with Crippen molar-refractivity contribution in [2.45, 2.75) is 175 Å². The largest absolute Gasteiger partial charge is 0.635 e. The number of amides is 7. The Morgan fingerprint density at radius 3 is 2.04 bits per heavy atom. The Morgan fingerprint density at radius 1 is 0.831 bits per heavy atom. The third-order valence-corrected chi connectivity index (χ3v) is 21.1. The Kier molecular flexibility index (Phi) is 19.3. The molecule has 1 aromatic carbocycles. The van der Waals surface area contributed by atoms with E-state index in [0.717, 1.165) is 0 Å².